The normalized spacial score (nSPS) is 18.5. The summed E-state index contributed by atoms with van der Waals surface area (Å²) in [6, 6.07) is 7.40. The number of rotatable bonds is 5. The number of nitrogens with zero attached hydrogens (tertiary/aromatic N) is 1. The number of anilines is 1. The third-order valence-electron chi connectivity index (χ3n) is 6.20. The molecule has 2 aromatic carbocycles. The lowest BCUT2D eigenvalue weighted by Gasteiger charge is -2.21. The zero-order valence-corrected chi connectivity index (χ0v) is 18.7. The van der Waals surface area contributed by atoms with E-state index >= 15 is 0 Å². The number of aliphatic hydroxyl groups excluding tert-OH is 1. The molecular formula is C23H31N3O3S. The average Bonchev–Trinajstić information content (AvgIpc) is 3.28. The van der Waals surface area contributed by atoms with E-state index in [0.29, 0.717) is 16.0 Å². The Kier molecular flexibility index (Phi) is 5.43. The number of aryl methyl sites for hydroxylation is 3. The van der Waals surface area contributed by atoms with Crippen LogP contribution in [0.3, 0.4) is 0 Å². The van der Waals surface area contributed by atoms with Crippen molar-refractivity contribution in [2.24, 2.45) is 9.50 Å². The van der Waals surface area contributed by atoms with Gasteiger partial charge in [0.1, 0.15) is 9.92 Å². The van der Waals surface area contributed by atoms with Gasteiger partial charge in [0.25, 0.3) is 0 Å². The van der Waals surface area contributed by atoms with E-state index in [1.807, 2.05) is 0 Å². The van der Waals surface area contributed by atoms with Gasteiger partial charge in [-0.2, -0.15) is 4.36 Å². The highest BCUT2D eigenvalue weighted by Crippen LogP contribution is 2.39. The summed E-state index contributed by atoms with van der Waals surface area (Å²) >= 11 is 0. The Labute approximate surface area is 178 Å². The van der Waals surface area contributed by atoms with Crippen LogP contribution in [0.4, 0.5) is 5.69 Å². The van der Waals surface area contributed by atoms with Gasteiger partial charge in [-0.15, -0.1) is 0 Å². The van der Waals surface area contributed by atoms with Crippen LogP contribution < -0.4 is 10.5 Å². The molecule has 2 unspecified atom stereocenters. The number of aliphatic hydroxyl groups is 2. The highest BCUT2D eigenvalue weighted by molar-refractivity contribution is 7.91. The first-order chi connectivity index (χ1) is 14.1. The standard InChI is InChI=1S/C23H31N3O3S/c1-14-12-17(23(2,3)28)10-11-20(14)30(24,29)26-22(27)25-21-18-8-4-6-15(18)13-16-7-5-9-19(16)21/h10-13,22,25,27-28H,4-9H2,1-3H3,(H2,24,26,29). The van der Waals surface area contributed by atoms with Crippen molar-refractivity contribution >= 4 is 15.6 Å². The Balaban J connectivity index is 1.66. The molecule has 0 heterocycles. The summed E-state index contributed by atoms with van der Waals surface area (Å²) in [5.74, 6) is 0. The molecule has 0 spiro atoms. The molecule has 5 N–H and O–H groups in total. The molecule has 0 radical (unpaired) electrons. The van der Waals surface area contributed by atoms with Crippen molar-refractivity contribution in [1.29, 1.82) is 0 Å². The van der Waals surface area contributed by atoms with Crippen molar-refractivity contribution in [3.63, 3.8) is 0 Å². The minimum Gasteiger partial charge on any atom is -0.386 e. The lowest BCUT2D eigenvalue weighted by Crippen LogP contribution is -2.24. The topological polar surface area (TPSA) is 108 Å². The van der Waals surface area contributed by atoms with E-state index in [4.69, 9.17) is 5.14 Å². The van der Waals surface area contributed by atoms with E-state index in [1.165, 1.54) is 22.3 Å². The second-order valence-corrected chi connectivity index (χ2v) is 10.8. The summed E-state index contributed by atoms with van der Waals surface area (Å²) in [6.07, 6.45) is 4.93. The third-order valence-corrected chi connectivity index (χ3v) is 7.80. The molecule has 0 fully saturated rings. The van der Waals surface area contributed by atoms with Gasteiger partial charge in [-0.1, -0.05) is 18.2 Å². The summed E-state index contributed by atoms with van der Waals surface area (Å²) in [4.78, 5) is 0.361. The molecule has 2 atom stereocenters. The van der Waals surface area contributed by atoms with Gasteiger partial charge in [-0.3, -0.25) is 0 Å². The van der Waals surface area contributed by atoms with E-state index in [0.717, 1.165) is 44.2 Å². The van der Waals surface area contributed by atoms with Crippen LogP contribution in [0.15, 0.2) is 33.5 Å². The van der Waals surface area contributed by atoms with Gasteiger partial charge in [-0.25, -0.2) is 9.35 Å². The molecule has 0 aromatic heterocycles. The monoisotopic (exact) mass is 429 g/mol. The molecule has 2 aliphatic carbocycles. The molecule has 6 nitrogen and oxygen atoms in total. The van der Waals surface area contributed by atoms with Gasteiger partial charge in [0.2, 0.25) is 6.35 Å². The number of nitrogens with two attached hydrogens (primary N) is 1. The zero-order chi connectivity index (χ0) is 21.7. The van der Waals surface area contributed by atoms with Crippen molar-refractivity contribution in [3.8, 4) is 0 Å². The zero-order valence-electron chi connectivity index (χ0n) is 17.9. The summed E-state index contributed by atoms with van der Waals surface area (Å²) < 4.78 is 17.3. The van der Waals surface area contributed by atoms with Gasteiger partial charge in [0.15, 0.2) is 0 Å². The second-order valence-electron chi connectivity index (χ2n) is 8.97. The van der Waals surface area contributed by atoms with E-state index in [-0.39, 0.29) is 0 Å². The molecule has 4 rings (SSSR count). The smallest absolute Gasteiger partial charge is 0.233 e. The van der Waals surface area contributed by atoms with Crippen molar-refractivity contribution < 1.29 is 14.4 Å². The first-order valence-corrected chi connectivity index (χ1v) is 12.1. The lowest BCUT2D eigenvalue weighted by atomic mass is 9.97. The summed E-state index contributed by atoms with van der Waals surface area (Å²) in [5, 5.41) is 30.0. The molecule has 0 saturated heterocycles. The molecule has 0 bridgehead atoms. The number of nitrogens with one attached hydrogen (secondary N) is 1. The van der Waals surface area contributed by atoms with Crippen LogP contribution in [-0.2, 0) is 41.2 Å². The number of fused-ring (bicyclic) bond motifs is 2. The van der Waals surface area contributed by atoms with Gasteiger partial charge in [0.05, 0.1) is 10.5 Å². The minimum atomic E-state index is -3.32. The number of hydrogen-bond donors (Lipinski definition) is 4. The van der Waals surface area contributed by atoms with E-state index in [2.05, 4.69) is 15.7 Å². The molecular weight excluding hydrogens is 398 g/mol. The van der Waals surface area contributed by atoms with Crippen LogP contribution in [0.2, 0.25) is 0 Å². The molecule has 30 heavy (non-hydrogen) atoms. The van der Waals surface area contributed by atoms with Gasteiger partial charge >= 0.3 is 0 Å². The maximum absolute atomic E-state index is 13.2. The maximum Gasteiger partial charge on any atom is 0.233 e. The van der Waals surface area contributed by atoms with Crippen LogP contribution in [0.25, 0.3) is 0 Å². The summed E-state index contributed by atoms with van der Waals surface area (Å²) in [7, 11) is -3.32. The van der Waals surface area contributed by atoms with E-state index in [9.17, 15) is 14.4 Å². The predicted molar refractivity (Wildman–Crippen MR) is 120 cm³/mol. The first kappa shape index (κ1) is 21.3. The Bertz CT molecular complexity index is 1080. The van der Waals surface area contributed by atoms with Crippen LogP contribution >= 0.6 is 0 Å². The SMILES string of the molecule is Cc1cc(C(C)(C)O)ccc1S(N)(=O)=NC(O)Nc1c2c(cc3c1CCC3)CCC2. The Morgan fingerprint density at radius 1 is 1.10 bits per heavy atom. The van der Waals surface area contributed by atoms with Gasteiger partial charge in [0, 0.05) is 5.69 Å². The predicted octanol–water partition coefficient (Wildman–Crippen LogP) is 3.29. The fourth-order valence-electron chi connectivity index (χ4n) is 4.71. The highest BCUT2D eigenvalue weighted by atomic mass is 32.2. The molecule has 0 saturated carbocycles. The molecule has 162 valence electrons. The van der Waals surface area contributed by atoms with Crippen LogP contribution in [0.1, 0.15) is 60.1 Å². The van der Waals surface area contributed by atoms with Crippen molar-refractivity contribution in [2.75, 3.05) is 5.32 Å². The van der Waals surface area contributed by atoms with E-state index < -0.39 is 21.9 Å². The molecule has 7 heteroatoms. The van der Waals surface area contributed by atoms with Crippen LogP contribution in [-0.4, -0.2) is 20.8 Å². The van der Waals surface area contributed by atoms with Crippen LogP contribution in [0, 0.1) is 6.92 Å². The Morgan fingerprint density at radius 3 is 2.23 bits per heavy atom. The maximum atomic E-state index is 13.2. The Hall–Kier alpha value is -1.93. The fraction of sp³-hybridized carbons (Fsp3) is 0.478. The molecule has 0 aliphatic heterocycles. The molecule has 0 amide bonds. The van der Waals surface area contributed by atoms with Gasteiger partial charge < -0.3 is 15.5 Å². The highest BCUT2D eigenvalue weighted by Gasteiger charge is 2.25. The molecule has 2 aliphatic rings. The number of benzene rings is 2. The summed E-state index contributed by atoms with van der Waals surface area (Å²) in [5.41, 5.74) is 6.50. The molecule has 2 aromatic rings. The Morgan fingerprint density at radius 2 is 1.70 bits per heavy atom. The van der Waals surface area contributed by atoms with Crippen LogP contribution in [0.5, 0.6) is 0 Å². The average molecular weight is 430 g/mol. The minimum absolute atomic E-state index is 0.361. The third kappa shape index (κ3) is 3.99. The summed E-state index contributed by atoms with van der Waals surface area (Å²) in [6.45, 7) is 5.16. The fourth-order valence-corrected chi connectivity index (χ4v) is 5.96. The van der Waals surface area contributed by atoms with Gasteiger partial charge in [-0.05, 0) is 98.7 Å². The second kappa shape index (κ2) is 7.64. The number of hydrogen-bond acceptors (Lipinski definition) is 5. The largest absolute Gasteiger partial charge is 0.386 e. The quantitative estimate of drug-likeness (QED) is 0.547. The first-order valence-electron chi connectivity index (χ1n) is 10.5. The lowest BCUT2D eigenvalue weighted by molar-refractivity contribution is 0.0784. The van der Waals surface area contributed by atoms with Crippen molar-refractivity contribution in [2.45, 2.75) is 76.1 Å². The van der Waals surface area contributed by atoms with Crippen molar-refractivity contribution in [3.05, 3.63) is 57.6 Å². The van der Waals surface area contributed by atoms with Crippen molar-refractivity contribution in [1.82, 2.24) is 0 Å². The van der Waals surface area contributed by atoms with E-state index in [1.54, 1.807) is 39.0 Å².